The fraction of sp³-hybridized carbons (Fsp3) is 0.700. The standard InChI is InChI=1S/C10H19NO5S/c1-4-6-11(9-10(12)16-5-2)17(13,14)8-7-15-3/h4H,1,5-9H2,2-3H3. The quantitative estimate of drug-likeness (QED) is 0.434. The van der Waals surface area contributed by atoms with Gasteiger partial charge in [-0.15, -0.1) is 6.58 Å². The summed E-state index contributed by atoms with van der Waals surface area (Å²) in [7, 11) is -2.11. The summed E-state index contributed by atoms with van der Waals surface area (Å²) in [5.74, 6) is -0.744. The lowest BCUT2D eigenvalue weighted by atomic mass is 10.5. The number of hydrogen-bond acceptors (Lipinski definition) is 5. The Bertz CT molecular complexity index is 339. The van der Waals surface area contributed by atoms with E-state index in [-0.39, 0.29) is 32.1 Å². The Balaban J connectivity index is 4.60. The van der Waals surface area contributed by atoms with Crippen LogP contribution in [0.5, 0.6) is 0 Å². The summed E-state index contributed by atoms with van der Waals surface area (Å²) in [4.78, 5) is 11.3. The van der Waals surface area contributed by atoms with E-state index >= 15 is 0 Å². The summed E-state index contributed by atoms with van der Waals surface area (Å²) < 4.78 is 34.1. The molecule has 17 heavy (non-hydrogen) atoms. The third-order valence-electron chi connectivity index (χ3n) is 1.88. The van der Waals surface area contributed by atoms with Crippen LogP contribution >= 0.6 is 0 Å². The van der Waals surface area contributed by atoms with Crippen LogP contribution in [0.2, 0.25) is 0 Å². The van der Waals surface area contributed by atoms with Crippen LogP contribution < -0.4 is 0 Å². The average Bonchev–Trinajstić information content (AvgIpc) is 2.26. The second-order valence-corrected chi connectivity index (χ2v) is 5.28. The molecule has 0 saturated carbocycles. The third kappa shape index (κ3) is 6.40. The summed E-state index contributed by atoms with van der Waals surface area (Å²) in [6.07, 6.45) is 1.42. The number of sulfonamides is 1. The molecule has 0 radical (unpaired) electrons. The molecule has 0 spiro atoms. The van der Waals surface area contributed by atoms with E-state index < -0.39 is 16.0 Å². The Hall–Kier alpha value is -0.920. The molecule has 0 aliphatic carbocycles. The van der Waals surface area contributed by atoms with Crippen molar-refractivity contribution in [2.24, 2.45) is 0 Å². The minimum Gasteiger partial charge on any atom is -0.465 e. The van der Waals surface area contributed by atoms with Crippen molar-refractivity contribution in [2.75, 3.05) is 39.2 Å². The zero-order valence-corrected chi connectivity index (χ0v) is 11.0. The Kier molecular flexibility index (Phi) is 7.77. The highest BCUT2D eigenvalue weighted by molar-refractivity contribution is 7.89. The van der Waals surface area contributed by atoms with E-state index in [1.54, 1.807) is 6.92 Å². The van der Waals surface area contributed by atoms with Crippen molar-refractivity contribution in [1.82, 2.24) is 4.31 Å². The monoisotopic (exact) mass is 265 g/mol. The van der Waals surface area contributed by atoms with Gasteiger partial charge in [-0.1, -0.05) is 6.08 Å². The lowest BCUT2D eigenvalue weighted by Crippen LogP contribution is -2.38. The molecule has 0 aromatic heterocycles. The number of methoxy groups -OCH3 is 1. The lowest BCUT2D eigenvalue weighted by molar-refractivity contribution is -0.143. The number of hydrogen-bond donors (Lipinski definition) is 0. The average molecular weight is 265 g/mol. The van der Waals surface area contributed by atoms with Crippen molar-refractivity contribution < 1.29 is 22.7 Å². The molecule has 0 N–H and O–H groups in total. The van der Waals surface area contributed by atoms with Crippen LogP contribution in [0.3, 0.4) is 0 Å². The van der Waals surface area contributed by atoms with Gasteiger partial charge in [-0.25, -0.2) is 8.42 Å². The first-order chi connectivity index (χ1) is 7.97. The highest BCUT2D eigenvalue weighted by atomic mass is 32.2. The maximum atomic E-state index is 11.8. The summed E-state index contributed by atoms with van der Waals surface area (Å²) in [5.41, 5.74) is 0. The first-order valence-corrected chi connectivity index (χ1v) is 6.82. The second kappa shape index (κ2) is 8.21. The van der Waals surface area contributed by atoms with Crippen LogP contribution in [0.1, 0.15) is 6.92 Å². The first kappa shape index (κ1) is 16.1. The van der Waals surface area contributed by atoms with Gasteiger partial charge in [-0.3, -0.25) is 4.79 Å². The highest BCUT2D eigenvalue weighted by Gasteiger charge is 2.23. The van der Waals surface area contributed by atoms with Crippen molar-refractivity contribution in [3.63, 3.8) is 0 Å². The fourth-order valence-corrected chi connectivity index (χ4v) is 2.36. The lowest BCUT2D eigenvalue weighted by Gasteiger charge is -2.19. The van der Waals surface area contributed by atoms with Crippen LogP contribution in [0.25, 0.3) is 0 Å². The van der Waals surface area contributed by atoms with E-state index in [1.807, 2.05) is 0 Å². The van der Waals surface area contributed by atoms with Crippen LogP contribution in [-0.4, -0.2) is 57.9 Å². The number of esters is 1. The largest absolute Gasteiger partial charge is 0.465 e. The van der Waals surface area contributed by atoms with Gasteiger partial charge in [0.25, 0.3) is 0 Å². The maximum absolute atomic E-state index is 11.8. The predicted octanol–water partition coefficient (Wildman–Crippen LogP) is 0.0137. The number of ether oxygens (including phenoxy) is 2. The molecular formula is C10H19NO5S. The third-order valence-corrected chi connectivity index (χ3v) is 3.63. The Morgan fingerprint density at radius 1 is 1.47 bits per heavy atom. The molecular weight excluding hydrogens is 246 g/mol. The molecule has 0 fully saturated rings. The summed E-state index contributed by atoms with van der Waals surface area (Å²) >= 11 is 0. The molecule has 0 aliphatic rings. The molecule has 0 heterocycles. The Labute approximate surface area is 102 Å². The van der Waals surface area contributed by atoms with Gasteiger partial charge in [0.05, 0.1) is 19.0 Å². The molecule has 0 aromatic rings. The molecule has 0 bridgehead atoms. The minimum atomic E-state index is -3.52. The molecule has 100 valence electrons. The topological polar surface area (TPSA) is 72.9 Å². The Morgan fingerprint density at radius 2 is 2.12 bits per heavy atom. The van der Waals surface area contributed by atoms with Crippen molar-refractivity contribution in [2.45, 2.75) is 6.92 Å². The van der Waals surface area contributed by atoms with Gasteiger partial charge in [0, 0.05) is 13.7 Å². The Morgan fingerprint density at radius 3 is 2.59 bits per heavy atom. The van der Waals surface area contributed by atoms with Crippen molar-refractivity contribution >= 4 is 16.0 Å². The zero-order chi connectivity index (χ0) is 13.3. The summed E-state index contributed by atoms with van der Waals surface area (Å²) in [6.45, 7) is 5.20. The molecule has 0 rings (SSSR count). The normalized spacial score (nSPS) is 11.5. The molecule has 0 saturated heterocycles. The van der Waals surface area contributed by atoms with E-state index in [0.717, 1.165) is 4.31 Å². The van der Waals surface area contributed by atoms with Gasteiger partial charge in [-0.05, 0) is 6.92 Å². The fourth-order valence-electron chi connectivity index (χ4n) is 1.09. The first-order valence-electron chi connectivity index (χ1n) is 5.21. The molecule has 0 aliphatic heterocycles. The zero-order valence-electron chi connectivity index (χ0n) is 10.2. The van der Waals surface area contributed by atoms with E-state index in [2.05, 4.69) is 6.58 Å². The van der Waals surface area contributed by atoms with Gasteiger partial charge in [0.15, 0.2) is 0 Å². The van der Waals surface area contributed by atoms with E-state index in [9.17, 15) is 13.2 Å². The van der Waals surface area contributed by atoms with Gasteiger partial charge in [-0.2, -0.15) is 4.31 Å². The SMILES string of the molecule is C=CCN(CC(=O)OCC)S(=O)(=O)CCOC. The van der Waals surface area contributed by atoms with Crippen LogP contribution in [-0.2, 0) is 24.3 Å². The predicted molar refractivity (Wildman–Crippen MR) is 64.1 cm³/mol. The molecule has 0 unspecified atom stereocenters. The summed E-state index contributed by atoms with van der Waals surface area (Å²) in [5, 5.41) is 0. The maximum Gasteiger partial charge on any atom is 0.321 e. The molecule has 0 amide bonds. The van der Waals surface area contributed by atoms with Gasteiger partial charge in [0.1, 0.15) is 6.54 Å². The van der Waals surface area contributed by atoms with Crippen molar-refractivity contribution in [3.8, 4) is 0 Å². The van der Waals surface area contributed by atoms with E-state index in [4.69, 9.17) is 9.47 Å². The van der Waals surface area contributed by atoms with Crippen molar-refractivity contribution in [3.05, 3.63) is 12.7 Å². The molecule has 6 nitrogen and oxygen atoms in total. The van der Waals surface area contributed by atoms with Crippen molar-refractivity contribution in [1.29, 1.82) is 0 Å². The second-order valence-electron chi connectivity index (χ2n) is 3.20. The number of carbonyl (C=O) groups is 1. The molecule has 0 aromatic carbocycles. The van der Waals surface area contributed by atoms with Crippen LogP contribution in [0.15, 0.2) is 12.7 Å². The number of rotatable bonds is 9. The minimum absolute atomic E-state index is 0.0743. The van der Waals surface area contributed by atoms with Gasteiger partial charge < -0.3 is 9.47 Å². The number of nitrogens with zero attached hydrogens (tertiary/aromatic N) is 1. The van der Waals surface area contributed by atoms with Gasteiger partial charge in [0.2, 0.25) is 10.0 Å². The highest BCUT2D eigenvalue weighted by Crippen LogP contribution is 2.02. The van der Waals surface area contributed by atoms with E-state index in [0.29, 0.717) is 0 Å². The molecule has 0 atom stereocenters. The van der Waals surface area contributed by atoms with Crippen LogP contribution in [0, 0.1) is 0 Å². The number of carbonyl (C=O) groups excluding carboxylic acids is 1. The summed E-state index contributed by atoms with van der Waals surface area (Å²) in [6, 6.07) is 0. The smallest absolute Gasteiger partial charge is 0.321 e. The van der Waals surface area contributed by atoms with Crippen LogP contribution in [0.4, 0.5) is 0 Å². The van der Waals surface area contributed by atoms with Gasteiger partial charge >= 0.3 is 5.97 Å². The molecule has 7 heteroatoms. The van der Waals surface area contributed by atoms with E-state index in [1.165, 1.54) is 13.2 Å².